The number of H-pyrrole nitrogens is 1. The van der Waals surface area contributed by atoms with Gasteiger partial charge in [-0.15, -0.1) is 0 Å². The van der Waals surface area contributed by atoms with Gasteiger partial charge >= 0.3 is 0 Å². The summed E-state index contributed by atoms with van der Waals surface area (Å²) in [6.07, 6.45) is 3.04. The molecular weight excluding hydrogens is 238 g/mol. The van der Waals surface area contributed by atoms with Crippen molar-refractivity contribution in [2.24, 2.45) is 0 Å². The smallest absolute Gasteiger partial charge is 0.264 e. The maximum atomic E-state index is 12.1. The molecule has 17 heavy (non-hydrogen) atoms. The van der Waals surface area contributed by atoms with Gasteiger partial charge in [0.1, 0.15) is 0 Å². The van der Waals surface area contributed by atoms with E-state index in [1.807, 2.05) is 13.0 Å². The van der Waals surface area contributed by atoms with Crippen molar-refractivity contribution in [2.45, 2.75) is 18.7 Å². The molecule has 0 saturated carbocycles. The molecule has 0 unspecified atom stereocenters. The minimum absolute atomic E-state index is 0.213. The number of benzene rings is 1. The normalized spacial score (nSPS) is 11.4. The Labute approximate surface area is 100.0 Å². The van der Waals surface area contributed by atoms with Crippen molar-refractivity contribution in [2.75, 3.05) is 4.72 Å². The first kappa shape index (κ1) is 11.7. The molecule has 1 aromatic carbocycles. The topological polar surface area (TPSA) is 74.8 Å². The number of aromatic nitrogens is 2. The summed E-state index contributed by atoms with van der Waals surface area (Å²) in [5, 5.41) is 0. The van der Waals surface area contributed by atoms with Crippen LogP contribution in [0.2, 0.25) is 0 Å². The minimum Gasteiger partial charge on any atom is -0.330 e. The Balaban J connectivity index is 2.38. The molecule has 0 aliphatic carbocycles. The highest BCUT2D eigenvalue weighted by Crippen LogP contribution is 2.18. The Hall–Kier alpha value is -1.82. The third kappa shape index (κ3) is 2.47. The largest absolute Gasteiger partial charge is 0.330 e. The second kappa shape index (κ2) is 4.21. The van der Waals surface area contributed by atoms with Gasteiger partial charge in [-0.25, -0.2) is 18.1 Å². The van der Waals surface area contributed by atoms with Gasteiger partial charge in [-0.05, 0) is 25.5 Å². The summed E-state index contributed by atoms with van der Waals surface area (Å²) in [4.78, 5) is 6.78. The number of sulfonamides is 1. The Morgan fingerprint density at radius 3 is 2.65 bits per heavy atom. The summed E-state index contributed by atoms with van der Waals surface area (Å²) in [7, 11) is -3.57. The van der Waals surface area contributed by atoms with Crippen LogP contribution >= 0.6 is 0 Å². The number of hydrogen-bond acceptors (Lipinski definition) is 3. The number of aromatic amines is 1. The fourth-order valence-corrected chi connectivity index (χ4v) is 2.81. The third-order valence-electron chi connectivity index (χ3n) is 2.35. The lowest BCUT2D eigenvalue weighted by Crippen LogP contribution is -2.15. The summed E-state index contributed by atoms with van der Waals surface area (Å²) in [6.45, 7) is 3.69. The van der Waals surface area contributed by atoms with Crippen LogP contribution in [0.25, 0.3) is 0 Å². The van der Waals surface area contributed by atoms with Gasteiger partial charge in [0.25, 0.3) is 10.0 Å². The molecule has 1 aromatic heterocycles. The van der Waals surface area contributed by atoms with E-state index in [1.54, 1.807) is 25.3 Å². The van der Waals surface area contributed by atoms with Gasteiger partial charge in [0.15, 0.2) is 0 Å². The molecule has 2 rings (SSSR count). The van der Waals surface area contributed by atoms with Crippen LogP contribution in [0.1, 0.15) is 11.1 Å². The fourth-order valence-electron chi connectivity index (χ4n) is 1.60. The Bertz CT molecular complexity index is 618. The number of aryl methyl sites for hydroxylation is 2. The van der Waals surface area contributed by atoms with E-state index in [0.717, 1.165) is 5.56 Å². The predicted octanol–water partition coefficient (Wildman–Crippen LogP) is 1.83. The molecule has 0 amide bonds. The molecule has 0 radical (unpaired) electrons. The predicted molar refractivity (Wildman–Crippen MR) is 65.3 cm³/mol. The summed E-state index contributed by atoms with van der Waals surface area (Å²) in [6, 6.07) is 5.19. The number of rotatable bonds is 3. The Kier molecular flexibility index (Phi) is 2.89. The van der Waals surface area contributed by atoms with Crippen LogP contribution < -0.4 is 4.72 Å². The minimum atomic E-state index is -3.57. The molecule has 90 valence electrons. The van der Waals surface area contributed by atoms with Crippen LogP contribution in [-0.4, -0.2) is 18.4 Å². The number of hydrogen-bond donors (Lipinski definition) is 2. The van der Waals surface area contributed by atoms with E-state index in [2.05, 4.69) is 14.7 Å². The summed E-state index contributed by atoms with van der Waals surface area (Å²) < 4.78 is 26.5. The summed E-state index contributed by atoms with van der Waals surface area (Å²) in [5.74, 6) is 0.213. The van der Waals surface area contributed by atoms with Crippen molar-refractivity contribution in [3.8, 4) is 0 Å². The van der Waals surface area contributed by atoms with Crippen LogP contribution in [0.15, 0.2) is 35.5 Å². The standard InChI is InChI=1S/C11H13N3O2S/c1-8-3-4-10(9(2)7-8)17(15,16)14-11-12-5-6-13-11/h3-7H,1-2H3,(H2,12,13,14). The van der Waals surface area contributed by atoms with Gasteiger partial charge in [-0.1, -0.05) is 17.7 Å². The van der Waals surface area contributed by atoms with Gasteiger partial charge in [0.2, 0.25) is 5.95 Å². The molecule has 0 aliphatic rings. The van der Waals surface area contributed by atoms with Gasteiger partial charge < -0.3 is 4.98 Å². The average Bonchev–Trinajstić information content (AvgIpc) is 2.68. The second-order valence-electron chi connectivity index (χ2n) is 3.81. The van der Waals surface area contributed by atoms with Crippen molar-refractivity contribution < 1.29 is 8.42 Å². The summed E-state index contributed by atoms with van der Waals surface area (Å²) in [5.41, 5.74) is 1.74. The van der Waals surface area contributed by atoms with Gasteiger partial charge in [0, 0.05) is 12.4 Å². The first-order valence-electron chi connectivity index (χ1n) is 5.08. The molecule has 0 saturated heterocycles. The first-order valence-corrected chi connectivity index (χ1v) is 6.57. The quantitative estimate of drug-likeness (QED) is 0.873. The first-order chi connectivity index (χ1) is 7.99. The fraction of sp³-hybridized carbons (Fsp3) is 0.182. The van der Waals surface area contributed by atoms with Crippen LogP contribution in [-0.2, 0) is 10.0 Å². The van der Waals surface area contributed by atoms with Crippen molar-refractivity contribution in [1.29, 1.82) is 0 Å². The third-order valence-corrected chi connectivity index (χ3v) is 3.85. The molecule has 6 heteroatoms. The molecule has 0 aliphatic heterocycles. The highest BCUT2D eigenvalue weighted by atomic mass is 32.2. The molecule has 0 fully saturated rings. The SMILES string of the molecule is Cc1ccc(S(=O)(=O)Nc2ncc[nH]2)c(C)c1. The maximum Gasteiger partial charge on any atom is 0.264 e. The van der Waals surface area contributed by atoms with Gasteiger partial charge in [0.05, 0.1) is 4.90 Å². The zero-order valence-corrected chi connectivity index (χ0v) is 10.4. The van der Waals surface area contributed by atoms with Gasteiger partial charge in [-0.2, -0.15) is 0 Å². The van der Waals surface area contributed by atoms with E-state index < -0.39 is 10.0 Å². The molecule has 0 bridgehead atoms. The van der Waals surface area contributed by atoms with Crippen molar-refractivity contribution in [1.82, 2.24) is 9.97 Å². The number of nitrogens with zero attached hydrogens (tertiary/aromatic N) is 1. The van der Waals surface area contributed by atoms with E-state index in [9.17, 15) is 8.42 Å². The van der Waals surface area contributed by atoms with Crippen molar-refractivity contribution in [3.05, 3.63) is 41.7 Å². The molecule has 0 spiro atoms. The zero-order valence-electron chi connectivity index (χ0n) is 9.56. The van der Waals surface area contributed by atoms with Crippen molar-refractivity contribution in [3.63, 3.8) is 0 Å². The van der Waals surface area contributed by atoms with E-state index in [1.165, 1.54) is 6.20 Å². The highest BCUT2D eigenvalue weighted by molar-refractivity contribution is 7.92. The molecule has 1 heterocycles. The average molecular weight is 251 g/mol. The monoisotopic (exact) mass is 251 g/mol. The number of anilines is 1. The summed E-state index contributed by atoms with van der Waals surface area (Å²) >= 11 is 0. The molecular formula is C11H13N3O2S. The Morgan fingerprint density at radius 2 is 2.06 bits per heavy atom. The zero-order chi connectivity index (χ0) is 12.5. The lowest BCUT2D eigenvalue weighted by molar-refractivity contribution is 0.600. The Morgan fingerprint density at radius 1 is 1.29 bits per heavy atom. The van der Waals surface area contributed by atoms with Crippen LogP contribution in [0.4, 0.5) is 5.95 Å². The van der Waals surface area contributed by atoms with E-state index in [0.29, 0.717) is 5.56 Å². The highest BCUT2D eigenvalue weighted by Gasteiger charge is 2.17. The van der Waals surface area contributed by atoms with Crippen molar-refractivity contribution >= 4 is 16.0 Å². The molecule has 2 N–H and O–H groups in total. The van der Waals surface area contributed by atoms with Crippen LogP contribution in [0, 0.1) is 13.8 Å². The van der Waals surface area contributed by atoms with Gasteiger partial charge in [-0.3, -0.25) is 0 Å². The number of imidazole rings is 1. The lowest BCUT2D eigenvalue weighted by atomic mass is 10.2. The molecule has 5 nitrogen and oxygen atoms in total. The van der Waals surface area contributed by atoms with E-state index >= 15 is 0 Å². The lowest BCUT2D eigenvalue weighted by Gasteiger charge is -2.08. The van der Waals surface area contributed by atoms with E-state index in [4.69, 9.17) is 0 Å². The maximum absolute atomic E-state index is 12.1. The number of nitrogens with one attached hydrogen (secondary N) is 2. The molecule has 0 atom stereocenters. The second-order valence-corrected chi connectivity index (χ2v) is 5.46. The van der Waals surface area contributed by atoms with Crippen LogP contribution in [0.5, 0.6) is 0 Å². The van der Waals surface area contributed by atoms with Crippen LogP contribution in [0.3, 0.4) is 0 Å². The molecule has 2 aromatic rings. The van der Waals surface area contributed by atoms with E-state index in [-0.39, 0.29) is 10.8 Å².